The SMILES string of the molecule is C=C(NCC)N1CCC2(CC1)C(=C)N(Cc1nc3ccccc3n1N)C1CCCCC12.CC.CC. The number of para-hydroxylation sites is 2. The van der Waals surface area contributed by atoms with E-state index in [1.165, 1.54) is 31.4 Å². The molecule has 6 heteroatoms. The van der Waals surface area contributed by atoms with Crippen LogP contribution in [-0.4, -0.2) is 45.1 Å². The lowest BCUT2D eigenvalue weighted by Gasteiger charge is -2.45. The monoisotopic (exact) mass is 480 g/mol. The van der Waals surface area contributed by atoms with E-state index in [1.807, 2.05) is 52.0 Å². The summed E-state index contributed by atoms with van der Waals surface area (Å²) in [6.45, 7) is 22.9. The molecule has 3 aliphatic rings. The Kier molecular flexibility index (Phi) is 9.15. The van der Waals surface area contributed by atoms with Crippen LogP contribution >= 0.6 is 0 Å². The van der Waals surface area contributed by atoms with Crippen LogP contribution in [0.5, 0.6) is 0 Å². The van der Waals surface area contributed by atoms with Crippen molar-refractivity contribution in [2.24, 2.45) is 11.3 Å². The highest BCUT2D eigenvalue weighted by Crippen LogP contribution is 2.58. The van der Waals surface area contributed by atoms with Gasteiger partial charge in [0.1, 0.15) is 5.82 Å². The fourth-order valence-electron chi connectivity index (χ4n) is 6.55. The molecule has 0 bridgehead atoms. The van der Waals surface area contributed by atoms with Crippen molar-refractivity contribution in [1.29, 1.82) is 0 Å². The van der Waals surface area contributed by atoms with Gasteiger partial charge in [-0.25, -0.2) is 9.66 Å². The number of hydrogen-bond acceptors (Lipinski definition) is 5. The standard InChI is InChI=1S/C25H36N6.2C2H6/c1-4-27-19(3)29-15-13-25(14-16-29)18(2)30(22-11-7-5-9-20(22)25)17-24-28-21-10-6-8-12-23(21)31(24)26;2*1-2/h6,8,10,12,20,22,27H,2-5,7,9,11,13-17,26H2,1H3;2*1-2H3. The first kappa shape index (κ1) is 27.0. The fourth-order valence-corrected chi connectivity index (χ4v) is 6.55. The van der Waals surface area contributed by atoms with Crippen molar-refractivity contribution in [3.8, 4) is 0 Å². The van der Waals surface area contributed by atoms with E-state index in [-0.39, 0.29) is 5.41 Å². The summed E-state index contributed by atoms with van der Waals surface area (Å²) in [5, 5.41) is 3.40. The van der Waals surface area contributed by atoms with Gasteiger partial charge in [0, 0.05) is 36.8 Å². The van der Waals surface area contributed by atoms with Crippen LogP contribution in [0.4, 0.5) is 0 Å². The van der Waals surface area contributed by atoms with Crippen LogP contribution in [0, 0.1) is 11.3 Å². The van der Waals surface area contributed by atoms with E-state index in [1.54, 1.807) is 4.68 Å². The highest BCUT2D eigenvalue weighted by molar-refractivity contribution is 5.75. The number of benzene rings is 1. The second kappa shape index (κ2) is 11.9. The minimum Gasteiger partial charge on any atom is -0.373 e. The molecule has 2 saturated heterocycles. The third-order valence-electron chi connectivity index (χ3n) is 8.16. The number of piperidine rings is 1. The molecule has 2 atom stereocenters. The fraction of sp³-hybridized carbons (Fsp3) is 0.621. The molecule has 6 nitrogen and oxygen atoms in total. The largest absolute Gasteiger partial charge is 0.373 e. The van der Waals surface area contributed by atoms with E-state index in [0.29, 0.717) is 12.0 Å². The number of likely N-dealkylation sites (tertiary alicyclic amines) is 2. The number of aromatic nitrogens is 2. The van der Waals surface area contributed by atoms with E-state index >= 15 is 0 Å². The number of allylic oxidation sites excluding steroid dienone is 1. The summed E-state index contributed by atoms with van der Waals surface area (Å²) in [7, 11) is 0. The molecule has 2 aromatic rings. The van der Waals surface area contributed by atoms with Gasteiger partial charge in [0.15, 0.2) is 0 Å². The summed E-state index contributed by atoms with van der Waals surface area (Å²) in [5.74, 6) is 9.15. The van der Waals surface area contributed by atoms with Crippen LogP contribution in [0.3, 0.4) is 0 Å². The molecule has 1 aromatic carbocycles. The zero-order valence-corrected chi connectivity index (χ0v) is 22.8. The predicted molar refractivity (Wildman–Crippen MR) is 149 cm³/mol. The lowest BCUT2D eigenvalue weighted by Crippen LogP contribution is -2.45. The average Bonchev–Trinajstić information content (AvgIpc) is 3.35. The molecule has 1 aliphatic carbocycles. The number of nitrogen functional groups attached to an aromatic ring is 1. The quantitative estimate of drug-likeness (QED) is 0.525. The number of nitrogens with one attached hydrogen (secondary N) is 1. The minimum absolute atomic E-state index is 0.208. The summed E-state index contributed by atoms with van der Waals surface area (Å²) in [6.07, 6.45) is 7.54. The molecular formula is C29H48N6. The molecule has 194 valence electrons. The molecule has 5 rings (SSSR count). The molecule has 3 heterocycles. The molecule has 1 spiro atoms. The molecule has 35 heavy (non-hydrogen) atoms. The number of hydrogen-bond donors (Lipinski definition) is 2. The van der Waals surface area contributed by atoms with Gasteiger partial charge in [0.25, 0.3) is 0 Å². The second-order valence-corrected chi connectivity index (χ2v) is 9.54. The van der Waals surface area contributed by atoms with E-state index in [0.717, 1.165) is 61.7 Å². The average molecular weight is 481 g/mol. The zero-order valence-electron chi connectivity index (χ0n) is 22.8. The molecule has 1 saturated carbocycles. The van der Waals surface area contributed by atoms with Crippen LogP contribution in [0.2, 0.25) is 0 Å². The lowest BCUT2D eigenvalue weighted by molar-refractivity contribution is 0.0856. The Bertz CT molecular complexity index is 984. The van der Waals surface area contributed by atoms with Gasteiger partial charge in [-0.3, -0.25) is 0 Å². The van der Waals surface area contributed by atoms with Crippen LogP contribution in [0.25, 0.3) is 11.0 Å². The van der Waals surface area contributed by atoms with Crippen molar-refractivity contribution in [3.63, 3.8) is 0 Å². The highest BCUT2D eigenvalue weighted by Gasteiger charge is 2.56. The van der Waals surface area contributed by atoms with Crippen molar-refractivity contribution in [3.05, 3.63) is 54.8 Å². The predicted octanol–water partition coefficient (Wildman–Crippen LogP) is 5.85. The van der Waals surface area contributed by atoms with Gasteiger partial charge in [-0.15, -0.1) is 0 Å². The Balaban J connectivity index is 0.000000815. The summed E-state index contributed by atoms with van der Waals surface area (Å²) >= 11 is 0. The van der Waals surface area contributed by atoms with Gasteiger partial charge >= 0.3 is 0 Å². The number of fused-ring (bicyclic) bond motifs is 3. The summed E-state index contributed by atoms with van der Waals surface area (Å²) in [6, 6.07) is 8.69. The van der Waals surface area contributed by atoms with Crippen LogP contribution in [-0.2, 0) is 6.54 Å². The van der Waals surface area contributed by atoms with Crippen LogP contribution in [0.15, 0.2) is 48.9 Å². The van der Waals surface area contributed by atoms with E-state index < -0.39 is 0 Å². The number of nitrogens with two attached hydrogens (primary N) is 1. The second-order valence-electron chi connectivity index (χ2n) is 9.54. The number of nitrogens with zero attached hydrogens (tertiary/aromatic N) is 4. The Hall–Kier alpha value is -2.63. The third-order valence-corrected chi connectivity index (χ3v) is 8.16. The smallest absolute Gasteiger partial charge is 0.147 e. The van der Waals surface area contributed by atoms with Gasteiger partial charge in [0.05, 0.1) is 23.4 Å². The normalized spacial score (nSPS) is 22.7. The van der Waals surface area contributed by atoms with E-state index in [2.05, 4.69) is 28.6 Å². The van der Waals surface area contributed by atoms with Gasteiger partial charge < -0.3 is 21.0 Å². The summed E-state index contributed by atoms with van der Waals surface area (Å²) < 4.78 is 1.77. The van der Waals surface area contributed by atoms with Gasteiger partial charge in [-0.1, -0.05) is 65.8 Å². The van der Waals surface area contributed by atoms with E-state index in [4.69, 9.17) is 17.4 Å². The Labute approximate surface area is 213 Å². The van der Waals surface area contributed by atoms with E-state index in [9.17, 15) is 0 Å². The topological polar surface area (TPSA) is 62.3 Å². The van der Waals surface area contributed by atoms with Crippen molar-refractivity contribution in [2.45, 2.75) is 85.7 Å². The molecule has 3 fully saturated rings. The maximum Gasteiger partial charge on any atom is 0.147 e. The first-order chi connectivity index (χ1) is 17.0. The maximum absolute atomic E-state index is 6.46. The molecule has 2 unspecified atom stereocenters. The number of imidazole rings is 1. The minimum atomic E-state index is 0.208. The molecule has 1 aromatic heterocycles. The van der Waals surface area contributed by atoms with Crippen molar-refractivity contribution in [2.75, 3.05) is 25.5 Å². The van der Waals surface area contributed by atoms with Gasteiger partial charge in [-0.05, 0) is 50.7 Å². The van der Waals surface area contributed by atoms with Crippen LogP contribution < -0.4 is 11.2 Å². The lowest BCUT2D eigenvalue weighted by atomic mass is 9.64. The summed E-state index contributed by atoms with van der Waals surface area (Å²) in [4.78, 5) is 9.86. The van der Waals surface area contributed by atoms with Gasteiger partial charge in [0.2, 0.25) is 0 Å². The van der Waals surface area contributed by atoms with Crippen LogP contribution in [0.1, 0.15) is 79.0 Å². The van der Waals surface area contributed by atoms with Gasteiger partial charge in [-0.2, -0.15) is 0 Å². The molecule has 2 aliphatic heterocycles. The Morgan fingerprint density at radius 3 is 2.43 bits per heavy atom. The highest BCUT2D eigenvalue weighted by atomic mass is 15.4. The Morgan fingerprint density at radius 2 is 1.77 bits per heavy atom. The first-order valence-electron chi connectivity index (χ1n) is 13.9. The maximum atomic E-state index is 6.46. The molecule has 0 radical (unpaired) electrons. The molecule has 0 amide bonds. The summed E-state index contributed by atoms with van der Waals surface area (Å²) in [5.41, 5.74) is 3.49. The zero-order chi connectivity index (χ0) is 25.6. The van der Waals surface area contributed by atoms with Crippen molar-refractivity contribution < 1.29 is 0 Å². The molecular weight excluding hydrogens is 432 g/mol. The van der Waals surface area contributed by atoms with Crippen molar-refractivity contribution in [1.82, 2.24) is 24.8 Å². The van der Waals surface area contributed by atoms with Crippen molar-refractivity contribution >= 4 is 11.0 Å². The first-order valence-corrected chi connectivity index (χ1v) is 13.9. The molecule has 3 N–H and O–H groups in total. The Morgan fingerprint density at radius 1 is 1.11 bits per heavy atom. The number of rotatable bonds is 5. The third kappa shape index (κ3) is 4.89.